The number of carboxylic acid groups (broad SMARTS) is 1. The summed E-state index contributed by atoms with van der Waals surface area (Å²) in [5.41, 5.74) is 2.80. The average Bonchev–Trinajstić information content (AvgIpc) is 3.33. The first kappa shape index (κ1) is 15.5. The Balaban J connectivity index is 1.68. The van der Waals surface area contributed by atoms with Crippen molar-refractivity contribution in [3.63, 3.8) is 0 Å². The Hall–Kier alpha value is -2.36. The normalized spacial score (nSPS) is 19.4. The number of methoxy groups -OCH3 is 1. The number of benzene rings is 2. The van der Waals surface area contributed by atoms with E-state index < -0.39 is 5.97 Å². The lowest BCUT2D eigenvalue weighted by Gasteiger charge is -2.09. The zero-order valence-corrected chi connectivity index (χ0v) is 13.0. The molecule has 0 radical (unpaired) electrons. The van der Waals surface area contributed by atoms with Crippen LogP contribution < -0.4 is 4.74 Å². The summed E-state index contributed by atoms with van der Waals surface area (Å²) in [6.45, 7) is 0. The molecule has 2 atom stereocenters. The van der Waals surface area contributed by atoms with E-state index in [4.69, 9.17) is 9.84 Å². The molecule has 1 fully saturated rings. The van der Waals surface area contributed by atoms with Crippen LogP contribution in [0.1, 0.15) is 18.4 Å². The highest BCUT2D eigenvalue weighted by Gasteiger charge is 2.42. The summed E-state index contributed by atoms with van der Waals surface area (Å²) in [6.07, 6.45) is 2.57. The number of aliphatic carboxylic acids is 1. The van der Waals surface area contributed by atoms with Gasteiger partial charge in [0, 0.05) is 5.56 Å². The van der Waals surface area contributed by atoms with Crippen LogP contribution in [0.4, 0.5) is 4.39 Å². The van der Waals surface area contributed by atoms with Crippen molar-refractivity contribution in [1.82, 2.24) is 0 Å². The fourth-order valence-electron chi connectivity index (χ4n) is 2.98. The maximum atomic E-state index is 13.5. The molecule has 2 unspecified atom stereocenters. The molecule has 1 aliphatic rings. The van der Waals surface area contributed by atoms with Crippen molar-refractivity contribution in [2.75, 3.05) is 7.11 Å². The van der Waals surface area contributed by atoms with Crippen LogP contribution in [0.2, 0.25) is 0 Å². The standard InChI is InChI=1S/C19H19FO3/c1-23-18-9-8-15(20)11-16(18)13-5-2-12(3-6-13)4-7-14-10-17(14)19(21)22/h2-3,5-6,8-9,11,14,17H,4,7,10H2,1H3,(H,21,22). The van der Waals surface area contributed by atoms with Gasteiger partial charge in [-0.25, -0.2) is 4.39 Å². The molecule has 0 aliphatic heterocycles. The maximum absolute atomic E-state index is 13.5. The van der Waals surface area contributed by atoms with Gasteiger partial charge in [-0.1, -0.05) is 24.3 Å². The smallest absolute Gasteiger partial charge is 0.306 e. The molecule has 0 bridgehead atoms. The Kier molecular flexibility index (Phi) is 4.33. The number of carboxylic acids is 1. The van der Waals surface area contributed by atoms with E-state index in [2.05, 4.69) is 0 Å². The number of hydrogen-bond donors (Lipinski definition) is 1. The average molecular weight is 314 g/mol. The lowest BCUT2D eigenvalue weighted by atomic mass is 10.0. The van der Waals surface area contributed by atoms with Gasteiger partial charge >= 0.3 is 5.97 Å². The van der Waals surface area contributed by atoms with Crippen molar-refractivity contribution < 1.29 is 19.0 Å². The van der Waals surface area contributed by atoms with Crippen LogP contribution >= 0.6 is 0 Å². The highest BCUT2D eigenvalue weighted by molar-refractivity contribution is 5.73. The number of aryl methyl sites for hydroxylation is 1. The van der Waals surface area contributed by atoms with Crippen molar-refractivity contribution in [3.05, 3.63) is 53.8 Å². The Bertz CT molecular complexity index is 709. The molecule has 3 nitrogen and oxygen atoms in total. The van der Waals surface area contributed by atoms with Crippen LogP contribution in [0.25, 0.3) is 11.1 Å². The van der Waals surface area contributed by atoms with E-state index in [-0.39, 0.29) is 11.7 Å². The van der Waals surface area contributed by atoms with Crippen LogP contribution in [0, 0.1) is 17.7 Å². The molecule has 3 rings (SSSR count). The summed E-state index contributed by atoms with van der Waals surface area (Å²) >= 11 is 0. The summed E-state index contributed by atoms with van der Waals surface area (Å²) in [6, 6.07) is 12.4. The zero-order valence-electron chi connectivity index (χ0n) is 13.0. The topological polar surface area (TPSA) is 46.5 Å². The van der Waals surface area contributed by atoms with Gasteiger partial charge in [0.2, 0.25) is 0 Å². The summed E-state index contributed by atoms with van der Waals surface area (Å²) < 4.78 is 18.7. The van der Waals surface area contributed by atoms with E-state index in [0.717, 1.165) is 30.4 Å². The number of rotatable bonds is 6. The SMILES string of the molecule is COc1ccc(F)cc1-c1ccc(CCC2CC2C(=O)O)cc1. The lowest BCUT2D eigenvalue weighted by molar-refractivity contribution is -0.138. The van der Waals surface area contributed by atoms with Gasteiger partial charge in [0.25, 0.3) is 0 Å². The Morgan fingerprint density at radius 3 is 2.61 bits per heavy atom. The van der Waals surface area contributed by atoms with Crippen molar-refractivity contribution in [2.45, 2.75) is 19.3 Å². The largest absolute Gasteiger partial charge is 0.496 e. The number of carbonyl (C=O) groups is 1. The van der Waals surface area contributed by atoms with Gasteiger partial charge in [0.15, 0.2) is 0 Å². The van der Waals surface area contributed by atoms with Gasteiger partial charge in [0.1, 0.15) is 11.6 Å². The zero-order chi connectivity index (χ0) is 16.4. The predicted molar refractivity (Wildman–Crippen MR) is 85.9 cm³/mol. The molecule has 0 spiro atoms. The van der Waals surface area contributed by atoms with Gasteiger partial charge in [-0.15, -0.1) is 0 Å². The molecule has 0 amide bonds. The number of hydrogen-bond acceptors (Lipinski definition) is 2. The van der Waals surface area contributed by atoms with Gasteiger partial charge in [0.05, 0.1) is 13.0 Å². The number of ether oxygens (including phenoxy) is 1. The van der Waals surface area contributed by atoms with Gasteiger partial charge in [-0.3, -0.25) is 4.79 Å². The van der Waals surface area contributed by atoms with Crippen LogP contribution in [-0.4, -0.2) is 18.2 Å². The second-order valence-electron chi connectivity index (χ2n) is 6.02. The minimum Gasteiger partial charge on any atom is -0.496 e. The van der Waals surface area contributed by atoms with E-state index in [9.17, 15) is 9.18 Å². The first-order valence-electron chi connectivity index (χ1n) is 7.74. The van der Waals surface area contributed by atoms with Crippen LogP contribution in [-0.2, 0) is 11.2 Å². The van der Waals surface area contributed by atoms with Crippen LogP contribution in [0.3, 0.4) is 0 Å². The third kappa shape index (κ3) is 3.52. The van der Waals surface area contributed by atoms with Crippen molar-refractivity contribution >= 4 is 5.97 Å². The fourth-order valence-corrected chi connectivity index (χ4v) is 2.98. The van der Waals surface area contributed by atoms with Crippen LogP contribution in [0.5, 0.6) is 5.75 Å². The minimum absolute atomic E-state index is 0.147. The van der Waals surface area contributed by atoms with E-state index >= 15 is 0 Å². The Labute approximate surface area is 134 Å². The second kappa shape index (κ2) is 6.41. The predicted octanol–water partition coefficient (Wildman–Crippen LogP) is 4.15. The minimum atomic E-state index is -0.677. The maximum Gasteiger partial charge on any atom is 0.306 e. The third-order valence-corrected chi connectivity index (χ3v) is 4.47. The first-order chi connectivity index (χ1) is 11.1. The van der Waals surface area contributed by atoms with Crippen molar-refractivity contribution in [3.8, 4) is 16.9 Å². The van der Waals surface area contributed by atoms with E-state index in [1.165, 1.54) is 17.7 Å². The molecule has 0 heterocycles. The van der Waals surface area contributed by atoms with Crippen LogP contribution in [0.15, 0.2) is 42.5 Å². The summed E-state index contributed by atoms with van der Waals surface area (Å²) in [5, 5.41) is 8.91. The molecular weight excluding hydrogens is 295 g/mol. The van der Waals surface area contributed by atoms with E-state index in [1.54, 1.807) is 13.2 Å². The van der Waals surface area contributed by atoms with Crippen molar-refractivity contribution in [1.29, 1.82) is 0 Å². The summed E-state index contributed by atoms with van der Waals surface area (Å²) in [7, 11) is 1.57. The molecule has 120 valence electrons. The first-order valence-corrected chi connectivity index (χ1v) is 7.74. The number of halogens is 1. The third-order valence-electron chi connectivity index (χ3n) is 4.47. The highest BCUT2D eigenvalue weighted by Crippen LogP contribution is 2.42. The van der Waals surface area contributed by atoms with Gasteiger partial charge < -0.3 is 9.84 Å². The Morgan fingerprint density at radius 1 is 1.26 bits per heavy atom. The molecular formula is C19H19FO3. The molecule has 4 heteroatoms. The fraction of sp³-hybridized carbons (Fsp3) is 0.316. The van der Waals surface area contributed by atoms with E-state index in [1.807, 2.05) is 24.3 Å². The molecule has 23 heavy (non-hydrogen) atoms. The molecule has 2 aromatic rings. The molecule has 2 aromatic carbocycles. The lowest BCUT2D eigenvalue weighted by Crippen LogP contribution is -2.00. The van der Waals surface area contributed by atoms with E-state index in [0.29, 0.717) is 11.7 Å². The van der Waals surface area contributed by atoms with Gasteiger partial charge in [-0.2, -0.15) is 0 Å². The Morgan fingerprint density at radius 2 is 2.00 bits per heavy atom. The molecule has 1 saturated carbocycles. The highest BCUT2D eigenvalue weighted by atomic mass is 19.1. The molecule has 1 N–H and O–H groups in total. The molecule has 0 aromatic heterocycles. The molecule has 1 aliphatic carbocycles. The molecule has 0 saturated heterocycles. The van der Waals surface area contributed by atoms with Crippen molar-refractivity contribution in [2.24, 2.45) is 11.8 Å². The monoisotopic (exact) mass is 314 g/mol. The second-order valence-corrected chi connectivity index (χ2v) is 6.02. The summed E-state index contributed by atoms with van der Waals surface area (Å²) in [5.74, 6) is -0.162. The quantitative estimate of drug-likeness (QED) is 0.871. The summed E-state index contributed by atoms with van der Waals surface area (Å²) in [4.78, 5) is 10.8. The van der Waals surface area contributed by atoms with Gasteiger partial charge in [-0.05, 0) is 54.5 Å².